The smallest absolute Gasteiger partial charge is 0.0961 e. The van der Waals surface area contributed by atoms with E-state index in [-0.39, 0.29) is 0 Å². The van der Waals surface area contributed by atoms with E-state index in [9.17, 15) is 0 Å². The van der Waals surface area contributed by atoms with Gasteiger partial charge in [0.1, 0.15) is 0 Å². The lowest BCUT2D eigenvalue weighted by Gasteiger charge is -2.17. The lowest BCUT2D eigenvalue weighted by atomic mass is 10.2. The predicted molar refractivity (Wildman–Crippen MR) is 66.2 cm³/mol. The molecule has 0 saturated carbocycles. The molecule has 0 saturated heterocycles. The summed E-state index contributed by atoms with van der Waals surface area (Å²) < 4.78 is 0. The maximum absolute atomic E-state index is 4.36. The molecule has 0 aliphatic carbocycles. The van der Waals surface area contributed by atoms with Crippen LogP contribution in [-0.4, -0.2) is 23.8 Å². The fourth-order valence-electron chi connectivity index (χ4n) is 1.59. The van der Waals surface area contributed by atoms with Crippen molar-refractivity contribution in [3.05, 3.63) is 35.9 Å². The van der Waals surface area contributed by atoms with Crippen LogP contribution in [0, 0.1) is 0 Å². The SMILES string of the molecule is CC.CC1=NCCN1Cc1ccccc1. The van der Waals surface area contributed by atoms with Gasteiger partial charge in [-0.1, -0.05) is 44.2 Å². The van der Waals surface area contributed by atoms with Crippen LogP contribution in [0.5, 0.6) is 0 Å². The highest BCUT2D eigenvalue weighted by molar-refractivity contribution is 5.81. The molecule has 2 nitrogen and oxygen atoms in total. The van der Waals surface area contributed by atoms with Gasteiger partial charge in [0, 0.05) is 13.1 Å². The Bertz CT molecular complexity index is 304. The monoisotopic (exact) mass is 204 g/mol. The van der Waals surface area contributed by atoms with Gasteiger partial charge in [-0.05, 0) is 12.5 Å². The summed E-state index contributed by atoms with van der Waals surface area (Å²) in [5, 5.41) is 0. The summed E-state index contributed by atoms with van der Waals surface area (Å²) in [7, 11) is 0. The third-order valence-corrected chi connectivity index (χ3v) is 2.38. The van der Waals surface area contributed by atoms with Gasteiger partial charge in [0.05, 0.1) is 12.4 Å². The van der Waals surface area contributed by atoms with Crippen LogP contribution in [0.4, 0.5) is 0 Å². The summed E-state index contributed by atoms with van der Waals surface area (Å²) >= 11 is 0. The highest BCUT2D eigenvalue weighted by Gasteiger charge is 2.11. The van der Waals surface area contributed by atoms with Gasteiger partial charge in [-0.25, -0.2) is 0 Å². The number of benzene rings is 1. The van der Waals surface area contributed by atoms with Crippen molar-refractivity contribution in [3.63, 3.8) is 0 Å². The fourth-order valence-corrected chi connectivity index (χ4v) is 1.59. The second-order valence-corrected chi connectivity index (χ2v) is 3.34. The van der Waals surface area contributed by atoms with Gasteiger partial charge in [0.25, 0.3) is 0 Å². The van der Waals surface area contributed by atoms with E-state index in [4.69, 9.17) is 0 Å². The number of hydrogen-bond donors (Lipinski definition) is 0. The number of hydrogen-bond acceptors (Lipinski definition) is 2. The van der Waals surface area contributed by atoms with E-state index in [1.54, 1.807) is 0 Å². The molecule has 2 rings (SSSR count). The number of rotatable bonds is 2. The van der Waals surface area contributed by atoms with Gasteiger partial charge >= 0.3 is 0 Å². The molecule has 1 aromatic rings. The second-order valence-electron chi connectivity index (χ2n) is 3.34. The van der Waals surface area contributed by atoms with E-state index in [1.807, 2.05) is 13.8 Å². The van der Waals surface area contributed by atoms with E-state index in [1.165, 1.54) is 11.4 Å². The molecule has 0 aromatic heterocycles. The number of nitrogens with zero attached hydrogens (tertiary/aromatic N) is 2. The summed E-state index contributed by atoms with van der Waals surface area (Å²) in [4.78, 5) is 6.67. The van der Waals surface area contributed by atoms with Crippen molar-refractivity contribution in [2.45, 2.75) is 27.3 Å². The highest BCUT2D eigenvalue weighted by Crippen LogP contribution is 2.08. The van der Waals surface area contributed by atoms with Crippen LogP contribution in [0.1, 0.15) is 26.3 Å². The fraction of sp³-hybridized carbons (Fsp3) is 0.462. The molecule has 0 bridgehead atoms. The first-order valence-corrected chi connectivity index (χ1v) is 5.66. The molecular weight excluding hydrogens is 184 g/mol. The summed E-state index contributed by atoms with van der Waals surface area (Å²) in [5.41, 5.74) is 1.36. The van der Waals surface area contributed by atoms with E-state index in [0.29, 0.717) is 0 Å². The van der Waals surface area contributed by atoms with Gasteiger partial charge < -0.3 is 4.90 Å². The van der Waals surface area contributed by atoms with Gasteiger partial charge in [-0.3, -0.25) is 4.99 Å². The third kappa shape index (κ3) is 3.39. The molecule has 15 heavy (non-hydrogen) atoms. The van der Waals surface area contributed by atoms with Gasteiger partial charge in [-0.15, -0.1) is 0 Å². The molecule has 0 radical (unpaired) electrons. The molecule has 0 unspecified atom stereocenters. The summed E-state index contributed by atoms with van der Waals surface area (Å²) in [5.74, 6) is 1.17. The zero-order chi connectivity index (χ0) is 11.1. The largest absolute Gasteiger partial charge is 0.354 e. The maximum atomic E-state index is 4.36. The molecule has 82 valence electrons. The molecule has 1 aliphatic heterocycles. The van der Waals surface area contributed by atoms with Crippen LogP contribution < -0.4 is 0 Å². The first-order valence-electron chi connectivity index (χ1n) is 5.66. The Kier molecular flexibility index (Phi) is 4.88. The average Bonchev–Trinajstić information content (AvgIpc) is 2.69. The summed E-state index contributed by atoms with van der Waals surface area (Å²) in [6.45, 7) is 9.10. The van der Waals surface area contributed by atoms with Crippen molar-refractivity contribution in [2.24, 2.45) is 4.99 Å². The van der Waals surface area contributed by atoms with Crippen molar-refractivity contribution in [2.75, 3.05) is 13.1 Å². The quantitative estimate of drug-likeness (QED) is 0.723. The Hall–Kier alpha value is -1.31. The predicted octanol–water partition coefficient (Wildman–Crippen LogP) is 2.95. The third-order valence-electron chi connectivity index (χ3n) is 2.38. The van der Waals surface area contributed by atoms with Crippen molar-refractivity contribution in [1.29, 1.82) is 0 Å². The second kappa shape index (κ2) is 6.23. The van der Waals surface area contributed by atoms with Crippen molar-refractivity contribution in [3.8, 4) is 0 Å². The van der Waals surface area contributed by atoms with Crippen molar-refractivity contribution < 1.29 is 0 Å². The van der Waals surface area contributed by atoms with Crippen LogP contribution in [0.3, 0.4) is 0 Å². The lowest BCUT2D eigenvalue weighted by molar-refractivity contribution is 0.450. The Morgan fingerprint density at radius 1 is 1.20 bits per heavy atom. The minimum atomic E-state index is 0.957. The highest BCUT2D eigenvalue weighted by atomic mass is 15.2. The van der Waals surface area contributed by atoms with Crippen molar-refractivity contribution in [1.82, 2.24) is 4.90 Å². The summed E-state index contributed by atoms with van der Waals surface area (Å²) in [6, 6.07) is 10.5. The number of aliphatic imine (C=N–C) groups is 1. The van der Waals surface area contributed by atoms with Crippen LogP contribution in [-0.2, 0) is 6.54 Å². The Morgan fingerprint density at radius 3 is 2.40 bits per heavy atom. The van der Waals surface area contributed by atoms with Crippen LogP contribution in [0.15, 0.2) is 35.3 Å². The molecule has 0 spiro atoms. The average molecular weight is 204 g/mol. The van der Waals surface area contributed by atoms with Crippen molar-refractivity contribution >= 4 is 5.84 Å². The van der Waals surface area contributed by atoms with E-state index in [0.717, 1.165) is 19.6 Å². The summed E-state index contributed by atoms with van der Waals surface area (Å²) in [6.07, 6.45) is 0. The van der Waals surface area contributed by atoms with Gasteiger partial charge in [-0.2, -0.15) is 0 Å². The molecule has 0 N–H and O–H groups in total. The van der Waals surface area contributed by atoms with E-state index in [2.05, 4.69) is 47.1 Å². The zero-order valence-corrected chi connectivity index (χ0v) is 9.90. The topological polar surface area (TPSA) is 15.6 Å². The molecular formula is C13H20N2. The minimum absolute atomic E-state index is 0.957. The van der Waals surface area contributed by atoms with Gasteiger partial charge in [0.2, 0.25) is 0 Å². The minimum Gasteiger partial charge on any atom is -0.354 e. The normalized spacial score (nSPS) is 14.3. The molecule has 1 aromatic carbocycles. The van der Waals surface area contributed by atoms with E-state index >= 15 is 0 Å². The number of amidine groups is 1. The van der Waals surface area contributed by atoms with E-state index < -0.39 is 0 Å². The van der Waals surface area contributed by atoms with Crippen LogP contribution in [0.2, 0.25) is 0 Å². The first-order chi connectivity index (χ1) is 7.36. The Balaban J connectivity index is 0.000000531. The zero-order valence-electron chi connectivity index (χ0n) is 9.90. The molecule has 2 heteroatoms. The Morgan fingerprint density at radius 2 is 1.87 bits per heavy atom. The lowest BCUT2D eigenvalue weighted by Crippen LogP contribution is -2.24. The molecule has 0 fully saturated rings. The molecule has 1 aliphatic rings. The van der Waals surface area contributed by atoms with Crippen LogP contribution >= 0.6 is 0 Å². The first kappa shape index (κ1) is 11.8. The van der Waals surface area contributed by atoms with Gasteiger partial charge in [0.15, 0.2) is 0 Å². The molecule has 0 atom stereocenters. The van der Waals surface area contributed by atoms with Crippen LogP contribution in [0.25, 0.3) is 0 Å². The standard InChI is InChI=1S/C11H14N2.C2H6/c1-10-12-7-8-13(10)9-11-5-3-2-4-6-11;1-2/h2-6H,7-9H2,1H3;1-2H3. The molecule has 0 amide bonds. The molecule has 1 heterocycles. The maximum Gasteiger partial charge on any atom is 0.0961 e. The Labute approximate surface area is 92.6 Å².